The number of nitrogens with one attached hydrogen (secondary N) is 1. The van der Waals surface area contributed by atoms with E-state index in [4.69, 9.17) is 23.2 Å². The zero-order valence-corrected chi connectivity index (χ0v) is 14.9. The van der Waals surface area contributed by atoms with Crippen LogP contribution in [0.5, 0.6) is 0 Å². The van der Waals surface area contributed by atoms with Gasteiger partial charge in [-0.05, 0) is 36.4 Å². The second kappa shape index (κ2) is 7.72. The Morgan fingerprint density at radius 3 is 2.58 bits per heavy atom. The van der Waals surface area contributed by atoms with Crippen LogP contribution in [0.25, 0.3) is 0 Å². The van der Waals surface area contributed by atoms with Gasteiger partial charge in [0.2, 0.25) is 0 Å². The average Bonchev–Trinajstić information content (AvgIpc) is 2.59. The molecule has 0 fully saturated rings. The molecule has 7 heteroatoms. The van der Waals surface area contributed by atoms with Crippen molar-refractivity contribution < 1.29 is 9.18 Å². The van der Waals surface area contributed by atoms with Gasteiger partial charge in [-0.15, -0.1) is 0 Å². The van der Waals surface area contributed by atoms with Crippen molar-refractivity contribution in [2.24, 2.45) is 0 Å². The predicted octanol–water partition coefficient (Wildman–Crippen LogP) is 4.59. The van der Waals surface area contributed by atoms with E-state index in [-0.39, 0.29) is 28.3 Å². The van der Waals surface area contributed by atoms with E-state index in [1.54, 1.807) is 30.3 Å². The third-order valence-electron chi connectivity index (χ3n) is 3.72. The highest BCUT2D eigenvalue weighted by Gasteiger charge is 2.12. The van der Waals surface area contributed by atoms with Crippen LogP contribution in [0.2, 0.25) is 10.0 Å². The molecule has 0 aliphatic rings. The van der Waals surface area contributed by atoms with E-state index in [0.29, 0.717) is 10.7 Å². The number of carbonyl (C=O) groups excluding carboxylic acids is 1. The topological polar surface area (TPSA) is 51.1 Å². The molecule has 3 rings (SSSR count). The van der Waals surface area contributed by atoms with Crippen LogP contribution < -0.4 is 10.9 Å². The fraction of sp³-hybridized carbons (Fsp3) is 0.0526. The third-order valence-corrected chi connectivity index (χ3v) is 4.31. The standard InChI is InChI=1S/C19H13Cl2FN2O2/c20-13-3-1-4-14(9-13)23-19(26)12-7-8-18(25)24(10-12)11-15-16(21)5-2-6-17(15)22/h1-10H,11H2,(H,23,26). The maximum atomic E-state index is 14.0. The maximum absolute atomic E-state index is 14.0. The molecule has 1 aromatic heterocycles. The third kappa shape index (κ3) is 4.12. The second-order valence-corrected chi connectivity index (χ2v) is 6.39. The quantitative estimate of drug-likeness (QED) is 0.707. The van der Waals surface area contributed by atoms with Crippen molar-refractivity contribution in [3.63, 3.8) is 0 Å². The maximum Gasteiger partial charge on any atom is 0.257 e. The average molecular weight is 391 g/mol. The zero-order valence-electron chi connectivity index (χ0n) is 13.4. The van der Waals surface area contributed by atoms with Crippen LogP contribution in [0, 0.1) is 5.82 Å². The van der Waals surface area contributed by atoms with Crippen LogP contribution in [0.15, 0.2) is 65.6 Å². The molecule has 0 radical (unpaired) electrons. The van der Waals surface area contributed by atoms with Crippen molar-refractivity contribution in [2.45, 2.75) is 6.54 Å². The van der Waals surface area contributed by atoms with Crippen molar-refractivity contribution in [1.29, 1.82) is 0 Å². The van der Waals surface area contributed by atoms with Crippen LogP contribution in [0.1, 0.15) is 15.9 Å². The number of rotatable bonds is 4. The number of carbonyl (C=O) groups is 1. The Labute approximate surface area is 158 Å². The molecule has 0 saturated carbocycles. The van der Waals surface area contributed by atoms with E-state index in [2.05, 4.69) is 5.32 Å². The molecular weight excluding hydrogens is 378 g/mol. The van der Waals surface area contributed by atoms with Crippen molar-refractivity contribution in [3.8, 4) is 0 Å². The number of halogens is 3. The Hall–Kier alpha value is -2.63. The molecule has 2 aromatic carbocycles. The van der Waals surface area contributed by atoms with Crippen molar-refractivity contribution in [3.05, 3.63) is 98.1 Å². The van der Waals surface area contributed by atoms with Crippen molar-refractivity contribution in [1.82, 2.24) is 4.57 Å². The lowest BCUT2D eigenvalue weighted by atomic mass is 10.2. The summed E-state index contributed by atoms with van der Waals surface area (Å²) in [5.41, 5.74) is 0.585. The van der Waals surface area contributed by atoms with E-state index >= 15 is 0 Å². The van der Waals surface area contributed by atoms with Gasteiger partial charge >= 0.3 is 0 Å². The lowest BCUT2D eigenvalue weighted by molar-refractivity contribution is 0.102. The van der Waals surface area contributed by atoms with E-state index in [1.165, 1.54) is 35.0 Å². The highest BCUT2D eigenvalue weighted by atomic mass is 35.5. The molecule has 0 aliphatic heterocycles. The van der Waals surface area contributed by atoms with Crippen molar-refractivity contribution >= 4 is 34.8 Å². The molecule has 4 nitrogen and oxygen atoms in total. The highest BCUT2D eigenvalue weighted by molar-refractivity contribution is 6.31. The predicted molar refractivity (Wildman–Crippen MR) is 101 cm³/mol. The van der Waals surface area contributed by atoms with Crippen LogP contribution in [-0.2, 0) is 6.54 Å². The molecule has 0 unspecified atom stereocenters. The fourth-order valence-electron chi connectivity index (χ4n) is 2.41. The first-order chi connectivity index (χ1) is 12.4. The minimum atomic E-state index is -0.516. The Balaban J connectivity index is 1.88. The SMILES string of the molecule is O=C(Nc1cccc(Cl)c1)c1ccc(=O)n(Cc2c(F)cccc2Cl)c1. The van der Waals surface area contributed by atoms with Gasteiger partial charge in [-0.25, -0.2) is 4.39 Å². The molecule has 1 amide bonds. The molecule has 132 valence electrons. The van der Waals surface area contributed by atoms with E-state index < -0.39 is 11.7 Å². The number of pyridine rings is 1. The van der Waals surface area contributed by atoms with E-state index in [9.17, 15) is 14.0 Å². The summed E-state index contributed by atoms with van der Waals surface area (Å²) in [7, 11) is 0. The number of hydrogen-bond acceptors (Lipinski definition) is 2. The summed E-state index contributed by atoms with van der Waals surface area (Å²) in [4.78, 5) is 24.5. The summed E-state index contributed by atoms with van der Waals surface area (Å²) >= 11 is 11.9. The summed E-state index contributed by atoms with van der Waals surface area (Å²) in [6.45, 7) is -0.0807. The first-order valence-corrected chi connectivity index (χ1v) is 8.40. The zero-order chi connectivity index (χ0) is 18.7. The molecule has 0 aliphatic carbocycles. The summed E-state index contributed by atoms with van der Waals surface area (Å²) < 4.78 is 15.2. The molecular formula is C19H13Cl2FN2O2. The molecule has 3 aromatic rings. The van der Waals surface area contributed by atoms with Gasteiger partial charge < -0.3 is 9.88 Å². The van der Waals surface area contributed by atoms with Crippen LogP contribution in [0.3, 0.4) is 0 Å². The lowest BCUT2D eigenvalue weighted by Crippen LogP contribution is -2.23. The summed E-state index contributed by atoms with van der Waals surface area (Å²) in [6, 6.07) is 13.6. The Bertz CT molecular complexity index is 1010. The minimum absolute atomic E-state index is 0.0807. The number of aromatic nitrogens is 1. The summed E-state index contributed by atoms with van der Waals surface area (Å²) in [5, 5.41) is 3.39. The lowest BCUT2D eigenvalue weighted by Gasteiger charge is -2.11. The second-order valence-electron chi connectivity index (χ2n) is 5.55. The van der Waals surface area contributed by atoms with Gasteiger partial charge in [0.25, 0.3) is 11.5 Å². The van der Waals surface area contributed by atoms with Gasteiger partial charge in [0.15, 0.2) is 0 Å². The molecule has 0 spiro atoms. The number of hydrogen-bond donors (Lipinski definition) is 1. The van der Waals surface area contributed by atoms with Crippen LogP contribution >= 0.6 is 23.2 Å². The number of benzene rings is 2. The molecule has 1 heterocycles. The van der Waals surface area contributed by atoms with Crippen LogP contribution in [0.4, 0.5) is 10.1 Å². The van der Waals surface area contributed by atoms with E-state index in [1.807, 2.05) is 0 Å². The Kier molecular flexibility index (Phi) is 5.40. The minimum Gasteiger partial charge on any atom is -0.322 e. The molecule has 0 bridgehead atoms. The van der Waals surface area contributed by atoms with Gasteiger partial charge in [-0.1, -0.05) is 35.3 Å². The van der Waals surface area contributed by atoms with Gasteiger partial charge in [0, 0.05) is 33.6 Å². The van der Waals surface area contributed by atoms with Crippen LogP contribution in [-0.4, -0.2) is 10.5 Å². The molecule has 0 atom stereocenters. The smallest absolute Gasteiger partial charge is 0.257 e. The number of nitrogens with zero attached hydrogens (tertiary/aromatic N) is 1. The number of amides is 1. The first kappa shape index (κ1) is 18.2. The summed E-state index contributed by atoms with van der Waals surface area (Å²) in [6.07, 6.45) is 1.37. The van der Waals surface area contributed by atoms with E-state index in [0.717, 1.165) is 0 Å². The highest BCUT2D eigenvalue weighted by Crippen LogP contribution is 2.20. The van der Waals surface area contributed by atoms with Gasteiger partial charge in [-0.2, -0.15) is 0 Å². The van der Waals surface area contributed by atoms with Gasteiger partial charge in [0.1, 0.15) is 5.82 Å². The molecule has 0 saturated heterocycles. The fourth-order valence-corrected chi connectivity index (χ4v) is 2.83. The van der Waals surface area contributed by atoms with Gasteiger partial charge in [0.05, 0.1) is 12.1 Å². The monoisotopic (exact) mass is 390 g/mol. The first-order valence-electron chi connectivity index (χ1n) is 7.64. The summed E-state index contributed by atoms with van der Waals surface area (Å²) in [5.74, 6) is -0.932. The Morgan fingerprint density at radius 1 is 1.08 bits per heavy atom. The Morgan fingerprint density at radius 2 is 1.85 bits per heavy atom. The molecule has 1 N–H and O–H groups in total. The van der Waals surface area contributed by atoms with Gasteiger partial charge in [-0.3, -0.25) is 9.59 Å². The molecule has 26 heavy (non-hydrogen) atoms. The normalized spacial score (nSPS) is 10.6. The van der Waals surface area contributed by atoms with Crippen molar-refractivity contribution in [2.75, 3.05) is 5.32 Å². The number of anilines is 1. The largest absolute Gasteiger partial charge is 0.322 e.